The first-order valence-corrected chi connectivity index (χ1v) is 11.2. The number of rotatable bonds is 7. The molecule has 1 heterocycles. The summed E-state index contributed by atoms with van der Waals surface area (Å²) in [4.78, 5) is 38.4. The normalized spacial score (nSPS) is 15.2. The molecule has 1 N–H and O–H groups in total. The number of halogens is 1. The minimum Gasteiger partial charge on any atom is -0.493 e. The maximum Gasteiger partial charge on any atom is 0.294 e. The highest BCUT2D eigenvalue weighted by molar-refractivity contribution is 14.1. The standard InChI is InChI=1S/C22H21IN2O4S/c1-14(2)13-29-18-9-3-15(4-10-18)11-19-21(27)25(22(28)30-19)12-20(26)24-17-7-5-16(23)6-8-17/h3-11,14H,12-13H2,1-2H3,(H,24,26)/b19-11-. The molecule has 0 unspecified atom stereocenters. The quantitative estimate of drug-likeness (QED) is 0.398. The Morgan fingerprint density at radius 1 is 1.13 bits per heavy atom. The fourth-order valence-corrected chi connectivity index (χ4v) is 3.79. The molecule has 156 valence electrons. The summed E-state index contributed by atoms with van der Waals surface area (Å²) >= 11 is 3.00. The monoisotopic (exact) mass is 536 g/mol. The molecule has 1 fully saturated rings. The van der Waals surface area contributed by atoms with E-state index in [-0.39, 0.29) is 11.4 Å². The SMILES string of the molecule is CC(C)COc1ccc(/C=C2\SC(=O)N(CC(=O)Nc3ccc(I)cc3)C2=O)cc1. The Morgan fingerprint density at radius 2 is 1.80 bits per heavy atom. The molecule has 3 amide bonds. The number of thioether (sulfide) groups is 1. The number of hydrogen-bond acceptors (Lipinski definition) is 5. The van der Waals surface area contributed by atoms with Crippen molar-refractivity contribution in [2.45, 2.75) is 13.8 Å². The molecule has 1 aliphatic rings. The number of nitrogens with one attached hydrogen (secondary N) is 1. The average molecular weight is 536 g/mol. The molecule has 0 aromatic heterocycles. The predicted molar refractivity (Wildman–Crippen MR) is 127 cm³/mol. The van der Waals surface area contributed by atoms with Crippen molar-refractivity contribution in [3.8, 4) is 5.75 Å². The zero-order chi connectivity index (χ0) is 21.7. The fraction of sp³-hybridized carbons (Fsp3) is 0.227. The number of nitrogens with zero attached hydrogens (tertiary/aromatic N) is 1. The van der Waals surface area contributed by atoms with Crippen LogP contribution < -0.4 is 10.1 Å². The van der Waals surface area contributed by atoms with Gasteiger partial charge in [-0.25, -0.2) is 0 Å². The van der Waals surface area contributed by atoms with Gasteiger partial charge in [-0.15, -0.1) is 0 Å². The van der Waals surface area contributed by atoms with Gasteiger partial charge in [0.25, 0.3) is 11.1 Å². The largest absolute Gasteiger partial charge is 0.493 e. The summed E-state index contributed by atoms with van der Waals surface area (Å²) in [7, 11) is 0. The van der Waals surface area contributed by atoms with E-state index < -0.39 is 17.1 Å². The summed E-state index contributed by atoms with van der Waals surface area (Å²) in [5.41, 5.74) is 1.39. The number of anilines is 1. The first kappa shape index (κ1) is 22.4. The van der Waals surface area contributed by atoms with Gasteiger partial charge in [0.1, 0.15) is 12.3 Å². The third kappa shape index (κ3) is 6.09. The van der Waals surface area contributed by atoms with Crippen LogP contribution in [0.4, 0.5) is 10.5 Å². The minimum absolute atomic E-state index is 0.290. The van der Waals surface area contributed by atoms with Gasteiger partial charge in [-0.05, 0) is 88.3 Å². The van der Waals surface area contributed by atoms with Crippen LogP contribution in [-0.4, -0.2) is 35.1 Å². The molecule has 0 aliphatic carbocycles. The molecule has 3 rings (SSSR count). The first-order valence-electron chi connectivity index (χ1n) is 9.35. The molecule has 2 aromatic rings. The summed E-state index contributed by atoms with van der Waals surface area (Å²) in [6.07, 6.45) is 1.65. The summed E-state index contributed by atoms with van der Waals surface area (Å²) in [6, 6.07) is 14.6. The third-order valence-corrected chi connectivity index (χ3v) is 5.69. The molecular formula is C22H21IN2O4S. The van der Waals surface area contributed by atoms with E-state index in [0.29, 0.717) is 18.2 Å². The van der Waals surface area contributed by atoms with Crippen LogP contribution in [-0.2, 0) is 9.59 Å². The van der Waals surface area contributed by atoms with Crippen LogP contribution in [0.3, 0.4) is 0 Å². The predicted octanol–water partition coefficient (Wildman–Crippen LogP) is 5.00. The van der Waals surface area contributed by atoms with Gasteiger partial charge in [0, 0.05) is 9.26 Å². The van der Waals surface area contributed by atoms with Gasteiger partial charge >= 0.3 is 0 Å². The second kappa shape index (κ2) is 10.1. The van der Waals surface area contributed by atoms with E-state index >= 15 is 0 Å². The summed E-state index contributed by atoms with van der Waals surface area (Å²) in [5, 5.41) is 2.24. The van der Waals surface area contributed by atoms with Crippen molar-refractivity contribution in [1.82, 2.24) is 4.90 Å². The van der Waals surface area contributed by atoms with Gasteiger partial charge in [-0.1, -0.05) is 26.0 Å². The van der Waals surface area contributed by atoms with Gasteiger partial charge in [0.2, 0.25) is 5.91 Å². The fourth-order valence-electron chi connectivity index (χ4n) is 2.59. The Balaban J connectivity index is 1.62. The maximum atomic E-state index is 12.6. The van der Waals surface area contributed by atoms with Gasteiger partial charge in [-0.3, -0.25) is 19.3 Å². The van der Waals surface area contributed by atoms with Crippen molar-refractivity contribution in [2.75, 3.05) is 18.5 Å². The second-order valence-electron chi connectivity index (χ2n) is 7.10. The van der Waals surface area contributed by atoms with Crippen LogP contribution in [0.15, 0.2) is 53.4 Å². The molecule has 30 heavy (non-hydrogen) atoms. The zero-order valence-electron chi connectivity index (χ0n) is 16.6. The van der Waals surface area contributed by atoms with E-state index in [9.17, 15) is 14.4 Å². The zero-order valence-corrected chi connectivity index (χ0v) is 19.5. The van der Waals surface area contributed by atoms with Crippen LogP contribution in [0.5, 0.6) is 5.75 Å². The third-order valence-electron chi connectivity index (χ3n) is 4.06. The number of imide groups is 1. The molecule has 0 atom stereocenters. The van der Waals surface area contributed by atoms with E-state index in [1.165, 1.54) is 0 Å². The minimum atomic E-state index is -0.470. The molecule has 2 aromatic carbocycles. The van der Waals surface area contributed by atoms with Crippen molar-refractivity contribution in [2.24, 2.45) is 5.92 Å². The lowest BCUT2D eigenvalue weighted by Gasteiger charge is -2.12. The number of benzene rings is 2. The number of ether oxygens (including phenoxy) is 1. The lowest BCUT2D eigenvalue weighted by molar-refractivity contribution is -0.127. The van der Waals surface area contributed by atoms with Crippen molar-refractivity contribution in [3.05, 3.63) is 62.6 Å². The van der Waals surface area contributed by atoms with Gasteiger partial charge < -0.3 is 10.1 Å². The number of carbonyl (C=O) groups is 3. The lowest BCUT2D eigenvalue weighted by atomic mass is 10.2. The summed E-state index contributed by atoms with van der Waals surface area (Å²) in [5.74, 6) is 0.287. The van der Waals surface area contributed by atoms with Gasteiger partial charge in [-0.2, -0.15) is 0 Å². The Labute approximate surface area is 193 Å². The highest BCUT2D eigenvalue weighted by Gasteiger charge is 2.36. The molecule has 8 heteroatoms. The van der Waals surface area contributed by atoms with Gasteiger partial charge in [0.15, 0.2) is 0 Å². The van der Waals surface area contributed by atoms with E-state index in [1.807, 2.05) is 36.4 Å². The molecular weight excluding hydrogens is 515 g/mol. The Morgan fingerprint density at radius 3 is 2.43 bits per heavy atom. The summed E-state index contributed by atoms with van der Waals surface area (Å²) in [6.45, 7) is 4.45. The first-order chi connectivity index (χ1) is 14.3. The van der Waals surface area contributed by atoms with Crippen LogP contribution in [0.2, 0.25) is 0 Å². The van der Waals surface area contributed by atoms with Crippen molar-refractivity contribution < 1.29 is 19.1 Å². The number of amides is 3. The van der Waals surface area contributed by atoms with Crippen LogP contribution in [0.1, 0.15) is 19.4 Å². The summed E-state index contributed by atoms with van der Waals surface area (Å²) < 4.78 is 6.69. The highest BCUT2D eigenvalue weighted by atomic mass is 127. The molecule has 0 saturated carbocycles. The number of hydrogen-bond donors (Lipinski definition) is 1. The van der Waals surface area contributed by atoms with Crippen molar-refractivity contribution in [1.29, 1.82) is 0 Å². The Bertz CT molecular complexity index is 972. The molecule has 0 radical (unpaired) electrons. The Kier molecular flexibility index (Phi) is 7.54. The van der Waals surface area contributed by atoms with Crippen LogP contribution in [0.25, 0.3) is 6.08 Å². The lowest BCUT2D eigenvalue weighted by Crippen LogP contribution is -2.36. The van der Waals surface area contributed by atoms with E-state index in [0.717, 1.165) is 31.5 Å². The van der Waals surface area contributed by atoms with E-state index in [4.69, 9.17) is 4.74 Å². The van der Waals surface area contributed by atoms with Crippen molar-refractivity contribution in [3.63, 3.8) is 0 Å². The molecule has 0 spiro atoms. The average Bonchev–Trinajstić information content (AvgIpc) is 2.96. The Hall–Kier alpha value is -2.33. The molecule has 6 nitrogen and oxygen atoms in total. The molecule has 1 aliphatic heterocycles. The van der Waals surface area contributed by atoms with Crippen molar-refractivity contribution >= 4 is 63.2 Å². The molecule has 1 saturated heterocycles. The van der Waals surface area contributed by atoms with E-state index in [2.05, 4.69) is 41.8 Å². The second-order valence-corrected chi connectivity index (χ2v) is 9.34. The van der Waals surface area contributed by atoms with Crippen LogP contribution >= 0.6 is 34.4 Å². The van der Waals surface area contributed by atoms with E-state index in [1.54, 1.807) is 18.2 Å². The topological polar surface area (TPSA) is 75.7 Å². The smallest absolute Gasteiger partial charge is 0.294 e. The molecule has 0 bridgehead atoms. The van der Waals surface area contributed by atoms with Gasteiger partial charge in [0.05, 0.1) is 11.5 Å². The highest BCUT2D eigenvalue weighted by Crippen LogP contribution is 2.32. The maximum absolute atomic E-state index is 12.6. The van der Waals surface area contributed by atoms with Crippen LogP contribution in [0, 0.1) is 9.49 Å². The number of carbonyl (C=O) groups excluding carboxylic acids is 3.